The Hall–Kier alpha value is -0.930. The number of aromatic nitrogens is 1. The van der Waals surface area contributed by atoms with Crippen LogP contribution in [0.4, 0.5) is 0 Å². The van der Waals surface area contributed by atoms with Crippen molar-refractivity contribution in [3.63, 3.8) is 0 Å². The topological polar surface area (TPSA) is 48.1 Å². The van der Waals surface area contributed by atoms with Crippen LogP contribution in [0.25, 0.3) is 0 Å². The zero-order valence-corrected chi connectivity index (χ0v) is 7.23. The molecule has 3 heteroatoms. The Bertz CT molecular complexity index is 213. The van der Waals surface area contributed by atoms with Gasteiger partial charge in [0.2, 0.25) is 0 Å². The smallest absolute Gasteiger partial charge is 0.0558 e. The van der Waals surface area contributed by atoms with Crippen LogP contribution in [0.2, 0.25) is 0 Å². The number of rotatable bonds is 4. The molecule has 0 aliphatic rings. The first-order valence-electron chi connectivity index (χ1n) is 3.98. The Morgan fingerprint density at radius 2 is 2.42 bits per heavy atom. The van der Waals surface area contributed by atoms with Crippen LogP contribution in [0.3, 0.4) is 0 Å². The van der Waals surface area contributed by atoms with Crippen molar-refractivity contribution in [1.82, 2.24) is 4.98 Å². The molecule has 1 atom stereocenters. The summed E-state index contributed by atoms with van der Waals surface area (Å²) in [6.45, 7) is 1.21. The minimum absolute atomic E-state index is 0.219. The zero-order valence-electron chi connectivity index (χ0n) is 7.23. The van der Waals surface area contributed by atoms with Gasteiger partial charge in [-0.2, -0.15) is 0 Å². The summed E-state index contributed by atoms with van der Waals surface area (Å²) in [5.74, 6) is 0.219. The van der Waals surface area contributed by atoms with Crippen LogP contribution < -0.4 is 5.73 Å². The molecular weight excluding hydrogens is 152 g/mol. The first-order valence-corrected chi connectivity index (χ1v) is 3.98. The molecule has 0 bridgehead atoms. The first-order chi connectivity index (χ1) is 5.88. The second-order valence-corrected chi connectivity index (χ2v) is 2.64. The SMILES string of the molecule is COC[C@H](CN)c1ccccn1. The summed E-state index contributed by atoms with van der Waals surface area (Å²) in [4.78, 5) is 4.21. The fourth-order valence-electron chi connectivity index (χ4n) is 1.09. The van der Waals surface area contributed by atoms with E-state index in [4.69, 9.17) is 10.5 Å². The Balaban J connectivity index is 2.66. The fourth-order valence-corrected chi connectivity index (χ4v) is 1.09. The number of ether oxygens (including phenoxy) is 1. The summed E-state index contributed by atoms with van der Waals surface area (Å²) in [5, 5.41) is 0. The normalized spacial score (nSPS) is 12.8. The molecule has 0 saturated carbocycles. The van der Waals surface area contributed by atoms with Crippen LogP contribution in [0.15, 0.2) is 24.4 Å². The molecule has 1 heterocycles. The lowest BCUT2D eigenvalue weighted by atomic mass is 10.1. The van der Waals surface area contributed by atoms with Crippen molar-refractivity contribution in [2.45, 2.75) is 5.92 Å². The average Bonchev–Trinajstić information content (AvgIpc) is 2.15. The molecule has 1 aromatic rings. The van der Waals surface area contributed by atoms with Crippen LogP contribution >= 0.6 is 0 Å². The molecule has 0 radical (unpaired) electrons. The Labute approximate surface area is 72.6 Å². The Morgan fingerprint density at radius 3 is 2.92 bits per heavy atom. The minimum atomic E-state index is 0.219. The van der Waals surface area contributed by atoms with Crippen molar-refractivity contribution < 1.29 is 4.74 Å². The van der Waals surface area contributed by atoms with Gasteiger partial charge in [-0.1, -0.05) is 6.07 Å². The molecule has 0 aliphatic heterocycles. The first kappa shape index (κ1) is 9.16. The number of pyridine rings is 1. The molecule has 2 N–H and O–H groups in total. The molecule has 1 aromatic heterocycles. The highest BCUT2D eigenvalue weighted by molar-refractivity contribution is 5.09. The minimum Gasteiger partial charge on any atom is -0.384 e. The average molecular weight is 166 g/mol. The molecule has 0 fully saturated rings. The van der Waals surface area contributed by atoms with Crippen molar-refractivity contribution in [1.29, 1.82) is 0 Å². The maximum atomic E-state index is 5.57. The van der Waals surface area contributed by atoms with Crippen LogP contribution in [0.1, 0.15) is 11.6 Å². The van der Waals surface area contributed by atoms with E-state index in [1.165, 1.54) is 0 Å². The van der Waals surface area contributed by atoms with Crippen LogP contribution in [0.5, 0.6) is 0 Å². The van der Waals surface area contributed by atoms with Gasteiger partial charge in [0.15, 0.2) is 0 Å². The zero-order chi connectivity index (χ0) is 8.81. The second kappa shape index (κ2) is 4.85. The van der Waals surface area contributed by atoms with E-state index in [-0.39, 0.29) is 5.92 Å². The molecule has 1 rings (SSSR count). The molecule has 0 aromatic carbocycles. The van der Waals surface area contributed by atoms with Gasteiger partial charge in [-0.05, 0) is 12.1 Å². The van der Waals surface area contributed by atoms with Crippen molar-refractivity contribution in [2.75, 3.05) is 20.3 Å². The number of methoxy groups -OCH3 is 1. The number of nitrogens with zero attached hydrogens (tertiary/aromatic N) is 1. The standard InChI is InChI=1S/C9H14N2O/c1-12-7-8(6-10)9-4-2-3-5-11-9/h2-5,8H,6-7,10H2,1H3/t8-/m0/s1. The fraction of sp³-hybridized carbons (Fsp3) is 0.444. The lowest BCUT2D eigenvalue weighted by Gasteiger charge is -2.11. The summed E-state index contributed by atoms with van der Waals surface area (Å²) in [5.41, 5.74) is 6.57. The lowest BCUT2D eigenvalue weighted by Crippen LogP contribution is -2.18. The van der Waals surface area contributed by atoms with E-state index in [1.54, 1.807) is 13.3 Å². The van der Waals surface area contributed by atoms with E-state index in [1.807, 2.05) is 18.2 Å². The summed E-state index contributed by atoms with van der Waals surface area (Å²) < 4.78 is 5.03. The van der Waals surface area contributed by atoms with Crippen molar-refractivity contribution in [3.05, 3.63) is 30.1 Å². The van der Waals surface area contributed by atoms with Crippen LogP contribution in [-0.4, -0.2) is 25.2 Å². The molecule has 0 saturated heterocycles. The third-order valence-corrected chi connectivity index (χ3v) is 1.76. The predicted octanol–water partition coefficient (Wildman–Crippen LogP) is 0.770. The maximum absolute atomic E-state index is 5.57. The molecule has 0 aliphatic carbocycles. The van der Waals surface area contributed by atoms with Crippen molar-refractivity contribution >= 4 is 0 Å². The molecular formula is C9H14N2O. The lowest BCUT2D eigenvalue weighted by molar-refractivity contribution is 0.180. The predicted molar refractivity (Wildman–Crippen MR) is 47.9 cm³/mol. The highest BCUT2D eigenvalue weighted by Crippen LogP contribution is 2.10. The van der Waals surface area contributed by atoms with Crippen LogP contribution in [-0.2, 0) is 4.74 Å². The highest BCUT2D eigenvalue weighted by Gasteiger charge is 2.09. The molecule has 12 heavy (non-hydrogen) atoms. The number of hydrogen-bond acceptors (Lipinski definition) is 3. The van der Waals surface area contributed by atoms with Gasteiger partial charge in [0.05, 0.1) is 6.61 Å². The highest BCUT2D eigenvalue weighted by atomic mass is 16.5. The molecule has 66 valence electrons. The van der Waals surface area contributed by atoms with Gasteiger partial charge in [-0.3, -0.25) is 4.98 Å². The van der Waals surface area contributed by atoms with E-state index in [2.05, 4.69) is 4.98 Å². The summed E-state index contributed by atoms with van der Waals surface area (Å²) in [6.07, 6.45) is 1.77. The maximum Gasteiger partial charge on any atom is 0.0558 e. The largest absolute Gasteiger partial charge is 0.384 e. The van der Waals surface area contributed by atoms with E-state index in [9.17, 15) is 0 Å². The quantitative estimate of drug-likeness (QED) is 0.718. The molecule has 0 amide bonds. The second-order valence-electron chi connectivity index (χ2n) is 2.64. The summed E-state index contributed by atoms with van der Waals surface area (Å²) in [6, 6.07) is 5.82. The van der Waals surface area contributed by atoms with Gasteiger partial charge in [0, 0.05) is 31.5 Å². The molecule has 0 unspecified atom stereocenters. The van der Waals surface area contributed by atoms with E-state index in [0.717, 1.165) is 5.69 Å². The van der Waals surface area contributed by atoms with Crippen LogP contribution in [0, 0.1) is 0 Å². The van der Waals surface area contributed by atoms with Gasteiger partial charge >= 0.3 is 0 Å². The Morgan fingerprint density at radius 1 is 1.58 bits per heavy atom. The van der Waals surface area contributed by atoms with E-state index in [0.29, 0.717) is 13.2 Å². The summed E-state index contributed by atoms with van der Waals surface area (Å²) in [7, 11) is 1.67. The Kier molecular flexibility index (Phi) is 3.70. The van der Waals surface area contributed by atoms with Gasteiger partial charge in [-0.25, -0.2) is 0 Å². The third kappa shape index (κ3) is 2.29. The van der Waals surface area contributed by atoms with Gasteiger partial charge in [-0.15, -0.1) is 0 Å². The van der Waals surface area contributed by atoms with Crippen molar-refractivity contribution in [2.24, 2.45) is 5.73 Å². The summed E-state index contributed by atoms with van der Waals surface area (Å²) >= 11 is 0. The van der Waals surface area contributed by atoms with E-state index < -0.39 is 0 Å². The van der Waals surface area contributed by atoms with Gasteiger partial charge in [0.25, 0.3) is 0 Å². The van der Waals surface area contributed by atoms with E-state index >= 15 is 0 Å². The van der Waals surface area contributed by atoms with Crippen molar-refractivity contribution in [3.8, 4) is 0 Å². The van der Waals surface area contributed by atoms with Gasteiger partial charge in [0.1, 0.15) is 0 Å². The monoisotopic (exact) mass is 166 g/mol. The third-order valence-electron chi connectivity index (χ3n) is 1.76. The van der Waals surface area contributed by atoms with Gasteiger partial charge < -0.3 is 10.5 Å². The number of hydrogen-bond donors (Lipinski definition) is 1. The molecule has 3 nitrogen and oxygen atoms in total. The molecule has 0 spiro atoms. The number of nitrogens with two attached hydrogens (primary N) is 1.